The van der Waals surface area contributed by atoms with Crippen molar-refractivity contribution in [3.05, 3.63) is 35.0 Å². The van der Waals surface area contributed by atoms with Crippen molar-refractivity contribution < 1.29 is 9.53 Å². The average molecular weight is 305 g/mol. The second kappa shape index (κ2) is 6.76. The molecule has 1 N–H and O–H groups in total. The van der Waals surface area contributed by atoms with Crippen LogP contribution >= 0.6 is 11.8 Å². The molecule has 1 unspecified atom stereocenters. The van der Waals surface area contributed by atoms with Crippen molar-refractivity contribution in [3.8, 4) is 5.75 Å². The Hall–Kier alpha value is -1.82. The summed E-state index contributed by atoms with van der Waals surface area (Å²) < 4.78 is 5.55. The van der Waals surface area contributed by atoms with E-state index in [1.165, 1.54) is 11.8 Å². The topological polar surface area (TPSA) is 67.9 Å². The van der Waals surface area contributed by atoms with Gasteiger partial charge in [0.1, 0.15) is 16.0 Å². The van der Waals surface area contributed by atoms with E-state index in [9.17, 15) is 4.79 Å². The highest BCUT2D eigenvalue weighted by molar-refractivity contribution is 8.00. The molecule has 1 aromatic heterocycles. The molecule has 0 aliphatic carbocycles. The van der Waals surface area contributed by atoms with Gasteiger partial charge in [-0.2, -0.15) is 10.3 Å². The molecule has 112 valence electrons. The van der Waals surface area contributed by atoms with E-state index in [4.69, 9.17) is 4.74 Å². The Kier molecular flexibility index (Phi) is 5.01. The van der Waals surface area contributed by atoms with Crippen LogP contribution in [0.25, 0.3) is 0 Å². The summed E-state index contributed by atoms with van der Waals surface area (Å²) in [5.41, 5.74) is 2.81. The molecule has 2 rings (SSSR count). The summed E-state index contributed by atoms with van der Waals surface area (Å²) in [5, 5.41) is 11.0. The van der Waals surface area contributed by atoms with Crippen LogP contribution in [0, 0.1) is 20.8 Å². The first-order valence-electron chi connectivity index (χ1n) is 6.84. The lowest BCUT2D eigenvalue weighted by Crippen LogP contribution is -2.22. The van der Waals surface area contributed by atoms with Crippen LogP contribution in [0.15, 0.2) is 23.2 Å². The number of hydrogen-bond donors (Lipinski definition) is 1. The Morgan fingerprint density at radius 3 is 2.71 bits per heavy atom. The molecule has 1 heterocycles. The fraction of sp³-hybridized carbons (Fsp3) is 0.400. The Balaban J connectivity index is 2.10. The fourth-order valence-electron chi connectivity index (χ4n) is 1.81. The van der Waals surface area contributed by atoms with Crippen molar-refractivity contribution in [2.24, 2.45) is 0 Å². The molecule has 0 aliphatic heterocycles. The number of aryl methyl sites for hydroxylation is 3. The number of esters is 1. The normalized spacial score (nSPS) is 12.2. The molecule has 6 heteroatoms. The Morgan fingerprint density at radius 1 is 1.33 bits per heavy atom. The highest BCUT2D eigenvalue weighted by atomic mass is 32.2. The van der Waals surface area contributed by atoms with Crippen molar-refractivity contribution in [2.75, 3.05) is 0 Å². The van der Waals surface area contributed by atoms with Crippen LogP contribution in [0.4, 0.5) is 0 Å². The van der Waals surface area contributed by atoms with E-state index < -0.39 is 0 Å². The van der Waals surface area contributed by atoms with Crippen LogP contribution in [-0.4, -0.2) is 26.6 Å². The summed E-state index contributed by atoms with van der Waals surface area (Å²) in [6.45, 7) is 7.71. The fourth-order valence-corrected chi connectivity index (χ4v) is 2.70. The quantitative estimate of drug-likeness (QED) is 0.522. The highest BCUT2D eigenvalue weighted by Gasteiger charge is 2.23. The van der Waals surface area contributed by atoms with Crippen molar-refractivity contribution in [1.29, 1.82) is 0 Å². The summed E-state index contributed by atoms with van der Waals surface area (Å²) in [6.07, 6.45) is 0.667. The number of nitrogens with zero attached hydrogens (tertiary/aromatic N) is 2. The van der Waals surface area contributed by atoms with E-state index >= 15 is 0 Å². The molecule has 0 aliphatic rings. The van der Waals surface area contributed by atoms with E-state index in [-0.39, 0.29) is 11.2 Å². The number of ether oxygens (including phenoxy) is 1. The van der Waals surface area contributed by atoms with Gasteiger partial charge in [0.15, 0.2) is 0 Å². The minimum atomic E-state index is -0.297. The predicted octanol–water partition coefficient (Wildman–Crippen LogP) is 3.21. The van der Waals surface area contributed by atoms with Gasteiger partial charge in [-0.1, -0.05) is 30.8 Å². The lowest BCUT2D eigenvalue weighted by Gasteiger charge is -2.14. The lowest BCUT2D eigenvalue weighted by molar-refractivity contribution is -0.133. The Labute approximate surface area is 128 Å². The Bertz CT molecular complexity index is 640. The van der Waals surface area contributed by atoms with Crippen LogP contribution in [0.3, 0.4) is 0 Å². The second-order valence-electron chi connectivity index (χ2n) is 4.92. The smallest absolute Gasteiger partial charge is 0.324 e. The minimum Gasteiger partial charge on any atom is -0.425 e. The number of H-pyrrole nitrogens is 1. The standard InChI is InChI=1S/C15H19N3O2S/c1-5-13(21-14-11(4)16-18-17-14)15(19)20-12-8-9(2)6-7-10(12)3/h6-8,13H,5H2,1-4H3,(H,16,17,18). The first-order chi connectivity index (χ1) is 10.0. The summed E-state index contributed by atoms with van der Waals surface area (Å²) in [6, 6.07) is 5.83. The number of hydrogen-bond acceptors (Lipinski definition) is 5. The van der Waals surface area contributed by atoms with Crippen molar-refractivity contribution in [2.45, 2.75) is 44.4 Å². The summed E-state index contributed by atoms with van der Waals surface area (Å²) in [5.74, 6) is 0.370. The maximum absolute atomic E-state index is 12.3. The number of carbonyl (C=O) groups excluding carboxylic acids is 1. The molecule has 5 nitrogen and oxygen atoms in total. The van der Waals surface area contributed by atoms with Gasteiger partial charge in [-0.3, -0.25) is 4.79 Å². The number of nitrogens with one attached hydrogen (secondary N) is 1. The molecule has 0 saturated heterocycles. The zero-order chi connectivity index (χ0) is 15.4. The first kappa shape index (κ1) is 15.6. The molecule has 0 fully saturated rings. The monoisotopic (exact) mass is 305 g/mol. The summed E-state index contributed by atoms with van der Waals surface area (Å²) in [4.78, 5) is 12.3. The van der Waals surface area contributed by atoms with Gasteiger partial charge in [-0.05, 0) is 44.4 Å². The third-order valence-corrected chi connectivity index (χ3v) is 4.54. The molecule has 0 spiro atoms. The van der Waals surface area contributed by atoms with Gasteiger partial charge in [-0.15, -0.1) is 5.10 Å². The first-order valence-corrected chi connectivity index (χ1v) is 7.72. The third-order valence-electron chi connectivity index (χ3n) is 3.12. The van der Waals surface area contributed by atoms with Gasteiger partial charge in [0.2, 0.25) is 0 Å². The second-order valence-corrected chi connectivity index (χ2v) is 6.11. The number of aromatic amines is 1. The van der Waals surface area contributed by atoms with E-state index in [2.05, 4.69) is 15.4 Å². The number of aromatic nitrogens is 3. The molecular weight excluding hydrogens is 286 g/mol. The molecule has 1 aromatic carbocycles. The van der Waals surface area contributed by atoms with Gasteiger partial charge >= 0.3 is 5.97 Å². The zero-order valence-electron chi connectivity index (χ0n) is 12.6. The van der Waals surface area contributed by atoms with Crippen LogP contribution in [-0.2, 0) is 4.79 Å². The SMILES string of the molecule is CCC(Sc1n[nH]nc1C)C(=O)Oc1cc(C)ccc1C. The van der Waals surface area contributed by atoms with Gasteiger partial charge in [0.25, 0.3) is 0 Å². The van der Waals surface area contributed by atoms with E-state index in [0.717, 1.165) is 21.8 Å². The highest BCUT2D eigenvalue weighted by Crippen LogP contribution is 2.27. The van der Waals surface area contributed by atoms with E-state index in [1.54, 1.807) is 0 Å². The molecule has 0 radical (unpaired) electrons. The lowest BCUT2D eigenvalue weighted by atomic mass is 10.1. The molecule has 0 amide bonds. The molecule has 0 bridgehead atoms. The van der Waals surface area contributed by atoms with E-state index in [0.29, 0.717) is 12.2 Å². The maximum atomic E-state index is 12.3. The van der Waals surface area contributed by atoms with Crippen LogP contribution < -0.4 is 4.74 Å². The molecule has 21 heavy (non-hydrogen) atoms. The average Bonchev–Trinajstić information content (AvgIpc) is 2.85. The predicted molar refractivity (Wildman–Crippen MR) is 82.6 cm³/mol. The molecule has 1 atom stereocenters. The largest absolute Gasteiger partial charge is 0.425 e. The van der Waals surface area contributed by atoms with Crippen LogP contribution in [0.2, 0.25) is 0 Å². The minimum absolute atomic E-state index is 0.251. The number of carbonyl (C=O) groups is 1. The van der Waals surface area contributed by atoms with Gasteiger partial charge in [0.05, 0.1) is 5.69 Å². The number of benzene rings is 1. The number of rotatable bonds is 5. The number of thioether (sulfide) groups is 1. The maximum Gasteiger partial charge on any atom is 0.324 e. The van der Waals surface area contributed by atoms with Crippen LogP contribution in [0.5, 0.6) is 5.75 Å². The summed E-state index contributed by atoms with van der Waals surface area (Å²) in [7, 11) is 0. The van der Waals surface area contributed by atoms with E-state index in [1.807, 2.05) is 45.9 Å². The van der Waals surface area contributed by atoms with Gasteiger partial charge < -0.3 is 4.74 Å². The summed E-state index contributed by atoms with van der Waals surface area (Å²) >= 11 is 1.38. The van der Waals surface area contributed by atoms with Crippen LogP contribution in [0.1, 0.15) is 30.2 Å². The third kappa shape index (κ3) is 3.85. The van der Waals surface area contributed by atoms with Crippen molar-refractivity contribution in [1.82, 2.24) is 15.4 Å². The zero-order valence-corrected chi connectivity index (χ0v) is 13.5. The van der Waals surface area contributed by atoms with Crippen molar-refractivity contribution in [3.63, 3.8) is 0 Å². The van der Waals surface area contributed by atoms with Gasteiger partial charge in [-0.25, -0.2) is 0 Å². The molecular formula is C15H19N3O2S. The molecule has 0 saturated carbocycles. The Morgan fingerprint density at radius 2 is 2.10 bits per heavy atom. The van der Waals surface area contributed by atoms with Gasteiger partial charge in [0, 0.05) is 0 Å². The van der Waals surface area contributed by atoms with Crippen molar-refractivity contribution >= 4 is 17.7 Å². The molecule has 2 aromatic rings.